The molecule has 1 aliphatic carbocycles. The van der Waals surface area contributed by atoms with Crippen LogP contribution in [0.15, 0.2) is 0 Å². The Morgan fingerprint density at radius 2 is 1.74 bits per heavy atom. The number of piperidine rings is 1. The molecule has 0 aromatic rings. The molecule has 1 saturated heterocycles. The number of halogens is 3. The summed E-state index contributed by atoms with van der Waals surface area (Å²) in [5.41, 5.74) is 5.90. The molecular weight excluding hydrogens is 253 g/mol. The molecule has 0 amide bonds. The fraction of sp³-hybridized carbons (Fsp3) is 1.00. The van der Waals surface area contributed by atoms with Crippen LogP contribution in [0, 0.1) is 11.8 Å². The molecule has 1 heterocycles. The zero-order valence-electron chi connectivity index (χ0n) is 11.6. The van der Waals surface area contributed by atoms with E-state index in [0.717, 1.165) is 32.4 Å². The van der Waals surface area contributed by atoms with E-state index >= 15 is 0 Å². The first kappa shape index (κ1) is 15.1. The van der Waals surface area contributed by atoms with E-state index in [9.17, 15) is 13.2 Å². The van der Waals surface area contributed by atoms with Gasteiger partial charge in [0.1, 0.15) is 0 Å². The fourth-order valence-electron chi connectivity index (χ4n) is 3.60. The van der Waals surface area contributed by atoms with Gasteiger partial charge in [0, 0.05) is 12.1 Å². The highest BCUT2D eigenvalue weighted by molar-refractivity contribution is 4.87. The molecular formula is C14H25F3N2. The Morgan fingerprint density at radius 1 is 1.11 bits per heavy atom. The molecule has 3 atom stereocenters. The first-order valence-corrected chi connectivity index (χ1v) is 7.44. The molecule has 0 bridgehead atoms. The molecule has 2 N–H and O–H groups in total. The summed E-state index contributed by atoms with van der Waals surface area (Å²) in [7, 11) is 0. The molecule has 5 heteroatoms. The van der Waals surface area contributed by atoms with Crippen LogP contribution in [0.4, 0.5) is 13.2 Å². The van der Waals surface area contributed by atoms with Crippen molar-refractivity contribution in [3.63, 3.8) is 0 Å². The van der Waals surface area contributed by atoms with Gasteiger partial charge in [-0.25, -0.2) is 0 Å². The van der Waals surface area contributed by atoms with Crippen molar-refractivity contribution in [2.45, 2.75) is 63.7 Å². The Morgan fingerprint density at radius 3 is 2.26 bits per heavy atom. The topological polar surface area (TPSA) is 29.3 Å². The minimum atomic E-state index is -4.01. The molecule has 0 aromatic carbocycles. The minimum absolute atomic E-state index is 0.134. The second kappa shape index (κ2) is 6.00. The van der Waals surface area contributed by atoms with Crippen molar-refractivity contribution in [3.8, 4) is 0 Å². The van der Waals surface area contributed by atoms with Gasteiger partial charge in [-0.3, -0.25) is 0 Å². The van der Waals surface area contributed by atoms with Crippen molar-refractivity contribution in [1.29, 1.82) is 0 Å². The molecule has 3 unspecified atom stereocenters. The molecule has 0 radical (unpaired) electrons. The first-order chi connectivity index (χ1) is 8.88. The van der Waals surface area contributed by atoms with E-state index in [1.165, 1.54) is 0 Å². The van der Waals surface area contributed by atoms with Gasteiger partial charge in [0.15, 0.2) is 0 Å². The predicted molar refractivity (Wildman–Crippen MR) is 69.7 cm³/mol. The van der Waals surface area contributed by atoms with Crippen LogP contribution in [0.2, 0.25) is 0 Å². The molecule has 0 spiro atoms. The van der Waals surface area contributed by atoms with Gasteiger partial charge in [-0.2, -0.15) is 13.2 Å². The summed E-state index contributed by atoms with van der Waals surface area (Å²) < 4.78 is 38.4. The second-order valence-electron chi connectivity index (χ2n) is 6.29. The van der Waals surface area contributed by atoms with Crippen LogP contribution in [0.3, 0.4) is 0 Å². The van der Waals surface area contributed by atoms with Crippen molar-refractivity contribution in [3.05, 3.63) is 0 Å². The van der Waals surface area contributed by atoms with Crippen LogP contribution in [0.5, 0.6) is 0 Å². The van der Waals surface area contributed by atoms with E-state index < -0.39 is 12.1 Å². The van der Waals surface area contributed by atoms with Crippen LogP contribution < -0.4 is 5.73 Å². The summed E-state index contributed by atoms with van der Waals surface area (Å²) in [4.78, 5) is 2.27. The number of rotatable bonds is 2. The molecule has 2 fully saturated rings. The highest BCUT2D eigenvalue weighted by Gasteiger charge is 2.43. The summed E-state index contributed by atoms with van der Waals surface area (Å²) >= 11 is 0. The summed E-state index contributed by atoms with van der Waals surface area (Å²) in [6, 6.07) is 0.339. The maximum Gasteiger partial charge on any atom is 0.391 e. The number of likely N-dealkylation sites (tertiary alicyclic amines) is 1. The predicted octanol–water partition coefficient (Wildman–Crippen LogP) is 3.17. The molecule has 2 nitrogen and oxygen atoms in total. The van der Waals surface area contributed by atoms with Crippen LogP contribution in [0.25, 0.3) is 0 Å². The van der Waals surface area contributed by atoms with Crippen molar-refractivity contribution >= 4 is 0 Å². The van der Waals surface area contributed by atoms with E-state index in [2.05, 4.69) is 4.90 Å². The van der Waals surface area contributed by atoms with Gasteiger partial charge in [-0.1, -0.05) is 6.42 Å². The van der Waals surface area contributed by atoms with Gasteiger partial charge >= 0.3 is 6.18 Å². The summed E-state index contributed by atoms with van der Waals surface area (Å²) in [5.74, 6) is -0.546. The number of nitrogens with zero attached hydrogens (tertiary/aromatic N) is 1. The number of nitrogens with two attached hydrogens (primary N) is 1. The summed E-state index contributed by atoms with van der Waals surface area (Å²) in [6.07, 6.45) is 0.304. The Balaban J connectivity index is 1.86. The van der Waals surface area contributed by atoms with Crippen molar-refractivity contribution < 1.29 is 13.2 Å². The quantitative estimate of drug-likeness (QED) is 0.840. The Hall–Kier alpha value is -0.290. The SMILES string of the molecule is CC(N)C1CCN(C2CCCC(C(F)(F)F)C2)CC1. The molecule has 2 rings (SSSR count). The molecule has 112 valence electrons. The molecule has 0 aromatic heterocycles. The lowest BCUT2D eigenvalue weighted by atomic mass is 9.82. The van der Waals surface area contributed by atoms with Gasteiger partial charge in [0.2, 0.25) is 0 Å². The molecule has 1 aliphatic heterocycles. The standard InChI is InChI=1S/C14H25F3N2/c1-10(18)11-5-7-19(8-6-11)13-4-2-3-12(9-13)14(15,16)17/h10-13H,2-9,18H2,1H3. The number of hydrogen-bond acceptors (Lipinski definition) is 2. The van der Waals surface area contributed by atoms with Crippen molar-refractivity contribution in [2.24, 2.45) is 17.6 Å². The highest BCUT2D eigenvalue weighted by atomic mass is 19.4. The van der Waals surface area contributed by atoms with Crippen LogP contribution in [-0.4, -0.2) is 36.2 Å². The average Bonchev–Trinajstić information content (AvgIpc) is 2.38. The zero-order chi connectivity index (χ0) is 14.0. The minimum Gasteiger partial charge on any atom is -0.328 e. The second-order valence-corrected chi connectivity index (χ2v) is 6.29. The van der Waals surface area contributed by atoms with Gasteiger partial charge in [-0.05, 0) is 58.0 Å². The maximum absolute atomic E-state index is 12.8. The smallest absolute Gasteiger partial charge is 0.328 e. The van der Waals surface area contributed by atoms with Crippen molar-refractivity contribution in [1.82, 2.24) is 4.90 Å². The lowest BCUT2D eigenvalue weighted by Crippen LogP contribution is -2.47. The average molecular weight is 278 g/mol. The van der Waals surface area contributed by atoms with Gasteiger partial charge in [0.25, 0.3) is 0 Å². The highest BCUT2D eigenvalue weighted by Crippen LogP contribution is 2.39. The zero-order valence-corrected chi connectivity index (χ0v) is 11.6. The Kier molecular flexibility index (Phi) is 4.77. The Labute approximate surface area is 113 Å². The van der Waals surface area contributed by atoms with Gasteiger partial charge < -0.3 is 10.6 Å². The lowest BCUT2D eigenvalue weighted by Gasteiger charge is -2.42. The summed E-state index contributed by atoms with van der Waals surface area (Å²) in [6.45, 7) is 3.86. The largest absolute Gasteiger partial charge is 0.391 e. The number of alkyl halides is 3. The maximum atomic E-state index is 12.8. The summed E-state index contributed by atoms with van der Waals surface area (Å²) in [5, 5.41) is 0. The van der Waals surface area contributed by atoms with Crippen LogP contribution in [0.1, 0.15) is 45.4 Å². The van der Waals surface area contributed by atoms with Gasteiger partial charge in [-0.15, -0.1) is 0 Å². The van der Waals surface area contributed by atoms with Gasteiger partial charge in [0.05, 0.1) is 5.92 Å². The monoisotopic (exact) mass is 278 g/mol. The molecule has 19 heavy (non-hydrogen) atoms. The third-order valence-corrected chi connectivity index (χ3v) is 4.94. The third kappa shape index (κ3) is 3.85. The number of hydrogen-bond donors (Lipinski definition) is 1. The fourth-order valence-corrected chi connectivity index (χ4v) is 3.60. The first-order valence-electron chi connectivity index (χ1n) is 7.44. The van der Waals surface area contributed by atoms with E-state index in [0.29, 0.717) is 25.2 Å². The van der Waals surface area contributed by atoms with E-state index in [1.807, 2.05) is 6.92 Å². The lowest BCUT2D eigenvalue weighted by molar-refractivity contribution is -0.187. The molecule has 1 saturated carbocycles. The van der Waals surface area contributed by atoms with Crippen LogP contribution >= 0.6 is 0 Å². The van der Waals surface area contributed by atoms with Crippen LogP contribution in [-0.2, 0) is 0 Å². The van der Waals surface area contributed by atoms with Crippen molar-refractivity contribution in [2.75, 3.05) is 13.1 Å². The third-order valence-electron chi connectivity index (χ3n) is 4.94. The normalized spacial score (nSPS) is 33.3. The molecule has 2 aliphatic rings. The van der Waals surface area contributed by atoms with E-state index in [-0.39, 0.29) is 12.1 Å². The Bertz CT molecular complexity index is 283. The van der Waals surface area contributed by atoms with E-state index in [1.54, 1.807) is 0 Å². The van der Waals surface area contributed by atoms with E-state index in [4.69, 9.17) is 5.73 Å².